The zero-order valence-electron chi connectivity index (χ0n) is 19.3. The average Bonchev–Trinajstić information content (AvgIpc) is 3.05. The minimum Gasteiger partial charge on any atom is -0.486 e. The molecule has 8 heteroatoms. The van der Waals surface area contributed by atoms with Gasteiger partial charge in [-0.15, -0.1) is 0 Å². The number of imide groups is 1. The van der Waals surface area contributed by atoms with Crippen molar-refractivity contribution in [2.45, 2.75) is 51.7 Å². The second-order valence-corrected chi connectivity index (χ2v) is 10.0. The highest BCUT2D eigenvalue weighted by Gasteiger charge is 2.44. The van der Waals surface area contributed by atoms with E-state index in [1.54, 1.807) is 43.0 Å². The molecule has 0 N–H and O–H groups in total. The van der Waals surface area contributed by atoms with Crippen molar-refractivity contribution in [3.05, 3.63) is 63.2 Å². The first kappa shape index (κ1) is 22.6. The van der Waals surface area contributed by atoms with Crippen LogP contribution in [0.25, 0.3) is 0 Å². The van der Waals surface area contributed by atoms with Crippen molar-refractivity contribution >= 4 is 35.1 Å². The molecule has 0 saturated carbocycles. The van der Waals surface area contributed by atoms with E-state index in [1.807, 2.05) is 6.92 Å². The summed E-state index contributed by atoms with van der Waals surface area (Å²) in [4.78, 5) is 54.2. The fourth-order valence-corrected chi connectivity index (χ4v) is 5.22. The SMILES string of the molecule is Cc1cc2c(cc1Cl)C(=O)CC1(CCN(C(=O)c3ccc4c(c3)C(=O)N(C(C)C)C4=O)CC1)O2. The van der Waals surface area contributed by atoms with E-state index in [0.29, 0.717) is 53.4 Å². The number of hydrogen-bond acceptors (Lipinski definition) is 5. The van der Waals surface area contributed by atoms with Crippen molar-refractivity contribution in [3.63, 3.8) is 0 Å². The van der Waals surface area contributed by atoms with E-state index in [1.165, 1.54) is 11.0 Å². The number of amides is 3. The maximum atomic E-state index is 13.2. The van der Waals surface area contributed by atoms with Crippen molar-refractivity contribution in [2.75, 3.05) is 13.1 Å². The van der Waals surface area contributed by atoms with E-state index in [2.05, 4.69) is 0 Å². The molecule has 3 aliphatic heterocycles. The van der Waals surface area contributed by atoms with Gasteiger partial charge < -0.3 is 9.64 Å². The molecule has 2 aromatic rings. The quantitative estimate of drug-likeness (QED) is 0.598. The van der Waals surface area contributed by atoms with Gasteiger partial charge in [0.05, 0.1) is 23.1 Å². The molecule has 0 bridgehead atoms. The fraction of sp³-hybridized carbons (Fsp3) is 0.385. The molecular weight excluding hydrogens is 456 g/mol. The highest BCUT2D eigenvalue weighted by atomic mass is 35.5. The first-order valence-corrected chi connectivity index (χ1v) is 11.8. The van der Waals surface area contributed by atoms with Crippen LogP contribution in [0.4, 0.5) is 0 Å². The van der Waals surface area contributed by atoms with Gasteiger partial charge in [-0.2, -0.15) is 0 Å². The van der Waals surface area contributed by atoms with E-state index in [4.69, 9.17) is 16.3 Å². The van der Waals surface area contributed by atoms with Gasteiger partial charge in [-0.1, -0.05) is 11.6 Å². The normalized spacial score (nSPS) is 18.9. The Bertz CT molecular complexity index is 1260. The van der Waals surface area contributed by atoms with E-state index < -0.39 is 5.60 Å². The summed E-state index contributed by atoms with van der Waals surface area (Å²) in [6.07, 6.45) is 1.30. The molecule has 3 aliphatic rings. The van der Waals surface area contributed by atoms with Crippen molar-refractivity contribution in [1.29, 1.82) is 0 Å². The first-order valence-electron chi connectivity index (χ1n) is 11.4. The molecule has 3 amide bonds. The number of hydrogen-bond donors (Lipinski definition) is 0. The number of benzene rings is 2. The number of carbonyl (C=O) groups is 4. The predicted octanol–water partition coefficient (Wildman–Crippen LogP) is 4.29. The molecular formula is C26H25ClN2O5. The lowest BCUT2D eigenvalue weighted by atomic mass is 9.82. The van der Waals surface area contributed by atoms with Crippen LogP contribution >= 0.6 is 11.6 Å². The summed E-state index contributed by atoms with van der Waals surface area (Å²) in [5, 5.41) is 0.540. The Hall–Kier alpha value is -3.19. The summed E-state index contributed by atoms with van der Waals surface area (Å²) in [7, 11) is 0. The number of halogens is 1. The summed E-state index contributed by atoms with van der Waals surface area (Å²) in [5.74, 6) is -0.352. The molecule has 1 fully saturated rings. The van der Waals surface area contributed by atoms with Crippen LogP contribution in [0.2, 0.25) is 5.02 Å². The standard InChI is InChI=1S/C26H25ClN2O5/c1-14(2)29-24(32)17-5-4-16(11-18(17)25(29)33)23(31)28-8-6-26(7-9-28)13-21(30)19-12-20(27)15(3)10-22(19)34-26/h4-5,10-12,14H,6-9,13H2,1-3H3. The lowest BCUT2D eigenvalue weighted by Crippen LogP contribution is -2.52. The molecule has 0 unspecified atom stereocenters. The van der Waals surface area contributed by atoms with Crippen LogP contribution < -0.4 is 4.74 Å². The van der Waals surface area contributed by atoms with Crippen LogP contribution in [-0.4, -0.2) is 58.0 Å². The molecule has 1 spiro atoms. The minimum atomic E-state index is -0.640. The number of rotatable bonds is 2. The number of ketones is 1. The third-order valence-electron chi connectivity index (χ3n) is 7.01. The number of fused-ring (bicyclic) bond motifs is 2. The molecule has 0 atom stereocenters. The Balaban J connectivity index is 1.32. The predicted molar refractivity (Wildman–Crippen MR) is 126 cm³/mol. The third kappa shape index (κ3) is 3.50. The average molecular weight is 481 g/mol. The van der Waals surface area contributed by atoms with Crippen LogP contribution in [0.5, 0.6) is 5.75 Å². The zero-order valence-corrected chi connectivity index (χ0v) is 20.1. The number of likely N-dealkylation sites (tertiary alicyclic amines) is 1. The van der Waals surface area contributed by atoms with E-state index in [-0.39, 0.29) is 41.5 Å². The lowest BCUT2D eigenvalue weighted by molar-refractivity contribution is -0.00575. The summed E-state index contributed by atoms with van der Waals surface area (Å²) in [5.41, 5.74) is 1.68. The van der Waals surface area contributed by atoms with E-state index in [0.717, 1.165) is 5.56 Å². The highest BCUT2D eigenvalue weighted by molar-refractivity contribution is 6.32. The van der Waals surface area contributed by atoms with Crippen molar-refractivity contribution < 1.29 is 23.9 Å². The number of ether oxygens (including phenoxy) is 1. The van der Waals surface area contributed by atoms with Gasteiger partial charge in [0, 0.05) is 42.6 Å². The van der Waals surface area contributed by atoms with E-state index in [9.17, 15) is 19.2 Å². The molecule has 176 valence electrons. The number of aryl methyl sites for hydroxylation is 1. The van der Waals surface area contributed by atoms with Crippen LogP contribution in [0.15, 0.2) is 30.3 Å². The molecule has 3 heterocycles. The van der Waals surface area contributed by atoms with Gasteiger partial charge in [0.25, 0.3) is 17.7 Å². The summed E-state index contributed by atoms with van der Waals surface area (Å²) in [6.45, 7) is 6.29. The number of Topliss-reactive ketones (excluding diaryl/α,β-unsaturated/α-hetero) is 1. The Morgan fingerprint density at radius 3 is 2.35 bits per heavy atom. The second-order valence-electron chi connectivity index (χ2n) is 9.61. The van der Waals surface area contributed by atoms with Crippen LogP contribution in [-0.2, 0) is 0 Å². The van der Waals surface area contributed by atoms with Crippen LogP contribution in [0.3, 0.4) is 0 Å². The van der Waals surface area contributed by atoms with Crippen molar-refractivity contribution in [1.82, 2.24) is 9.80 Å². The van der Waals surface area contributed by atoms with Gasteiger partial charge >= 0.3 is 0 Å². The van der Waals surface area contributed by atoms with Crippen molar-refractivity contribution in [2.24, 2.45) is 0 Å². The Morgan fingerprint density at radius 1 is 1.00 bits per heavy atom. The van der Waals surface area contributed by atoms with Gasteiger partial charge in [-0.3, -0.25) is 24.1 Å². The highest BCUT2D eigenvalue weighted by Crippen LogP contribution is 2.41. The molecule has 7 nitrogen and oxygen atoms in total. The van der Waals surface area contributed by atoms with Gasteiger partial charge in [0.1, 0.15) is 11.4 Å². The molecule has 0 aromatic heterocycles. The first-order chi connectivity index (χ1) is 16.1. The maximum absolute atomic E-state index is 13.2. The Kier molecular flexibility index (Phi) is 5.28. The number of nitrogens with zero attached hydrogens (tertiary/aromatic N) is 2. The topological polar surface area (TPSA) is 84.0 Å². The monoisotopic (exact) mass is 480 g/mol. The zero-order chi connectivity index (χ0) is 24.4. The Morgan fingerprint density at radius 2 is 1.68 bits per heavy atom. The molecule has 1 saturated heterocycles. The molecule has 0 radical (unpaired) electrons. The largest absolute Gasteiger partial charge is 0.486 e. The van der Waals surface area contributed by atoms with E-state index >= 15 is 0 Å². The third-order valence-corrected chi connectivity index (χ3v) is 7.42. The molecule has 2 aromatic carbocycles. The lowest BCUT2D eigenvalue weighted by Gasteiger charge is -2.44. The number of piperidine rings is 1. The number of carbonyl (C=O) groups excluding carboxylic acids is 4. The Labute approximate surface area is 202 Å². The summed E-state index contributed by atoms with van der Waals surface area (Å²) >= 11 is 6.18. The maximum Gasteiger partial charge on any atom is 0.261 e. The van der Waals surface area contributed by atoms with Gasteiger partial charge in [-0.25, -0.2) is 0 Å². The van der Waals surface area contributed by atoms with Gasteiger partial charge in [-0.05, 0) is 56.7 Å². The molecule has 34 heavy (non-hydrogen) atoms. The molecule has 5 rings (SSSR count). The summed E-state index contributed by atoms with van der Waals surface area (Å²) < 4.78 is 6.32. The van der Waals surface area contributed by atoms with Crippen molar-refractivity contribution in [3.8, 4) is 5.75 Å². The van der Waals surface area contributed by atoms with Gasteiger partial charge in [0.2, 0.25) is 0 Å². The second kappa shape index (κ2) is 7.94. The van der Waals surface area contributed by atoms with Crippen LogP contribution in [0, 0.1) is 6.92 Å². The fourth-order valence-electron chi connectivity index (χ4n) is 5.05. The summed E-state index contributed by atoms with van der Waals surface area (Å²) in [6, 6.07) is 7.90. The van der Waals surface area contributed by atoms with Gasteiger partial charge in [0.15, 0.2) is 5.78 Å². The minimum absolute atomic E-state index is 0.000523. The molecule has 0 aliphatic carbocycles. The van der Waals surface area contributed by atoms with Crippen LogP contribution in [0.1, 0.15) is 80.1 Å². The smallest absolute Gasteiger partial charge is 0.261 e.